The molecule has 0 fully saturated rings. The quantitative estimate of drug-likeness (QED) is 0.623. The number of fused-ring (bicyclic) bond motifs is 1. The number of rotatable bonds is 1. The van der Waals surface area contributed by atoms with Gasteiger partial charge in [-0.1, -0.05) is 24.3 Å². The molecule has 0 aliphatic rings. The van der Waals surface area contributed by atoms with Crippen molar-refractivity contribution >= 4 is 17.1 Å². The number of nitrogens with zero attached hydrogens (tertiary/aromatic N) is 2. The Hall–Kier alpha value is -1.57. The number of hydrogen-bond acceptors (Lipinski definition) is 1. The molecule has 60 valence electrons. The summed E-state index contributed by atoms with van der Waals surface area (Å²) < 4.78 is 1.87. The van der Waals surface area contributed by atoms with Crippen LogP contribution in [0.25, 0.3) is 17.1 Å². The highest BCUT2D eigenvalue weighted by atomic mass is 15.3. The molecule has 0 aliphatic heterocycles. The van der Waals surface area contributed by atoms with E-state index in [4.69, 9.17) is 0 Å². The Kier molecular flexibility index (Phi) is 1.67. The second-order valence-corrected chi connectivity index (χ2v) is 2.63. The maximum atomic E-state index is 4.21. The minimum Gasteiger partial charge on any atom is -0.241 e. The van der Waals surface area contributed by atoms with Gasteiger partial charge >= 0.3 is 0 Å². The summed E-state index contributed by atoms with van der Waals surface area (Å²) in [6, 6.07) is 8.15. The van der Waals surface area contributed by atoms with Gasteiger partial charge in [-0.3, -0.25) is 0 Å². The summed E-state index contributed by atoms with van der Waals surface area (Å²) in [5.41, 5.74) is 1.15. The van der Waals surface area contributed by atoms with Crippen LogP contribution in [0.5, 0.6) is 0 Å². The fourth-order valence-electron chi connectivity index (χ4n) is 1.25. The summed E-state index contributed by atoms with van der Waals surface area (Å²) in [7, 11) is 0. The number of benzene rings is 1. The average Bonchev–Trinajstić information content (AvgIpc) is 2.50. The Bertz CT molecular complexity index is 412. The Labute approximate surface area is 71.1 Å². The van der Waals surface area contributed by atoms with Crippen LogP contribution in [-0.4, -0.2) is 9.78 Å². The second-order valence-electron chi connectivity index (χ2n) is 2.63. The first-order chi connectivity index (χ1) is 5.92. The molecule has 2 aromatic rings. The smallest absolute Gasteiger partial charge is 0.0733 e. The first-order valence-electron chi connectivity index (χ1n) is 3.97. The van der Waals surface area contributed by atoms with Crippen LogP contribution in [0.4, 0.5) is 0 Å². The van der Waals surface area contributed by atoms with Gasteiger partial charge in [0.05, 0.1) is 11.7 Å². The van der Waals surface area contributed by atoms with Crippen LogP contribution in [0.15, 0.2) is 36.5 Å². The standard InChI is InChI=1S/C10H10N2/c1-2-7-12-10-6-4-3-5-9(10)8-11-12/h2-8H,1H3/b7-2-. The van der Waals surface area contributed by atoms with Gasteiger partial charge in [0.1, 0.15) is 0 Å². The summed E-state index contributed by atoms with van der Waals surface area (Å²) >= 11 is 0. The van der Waals surface area contributed by atoms with Crippen molar-refractivity contribution in [3.8, 4) is 0 Å². The maximum absolute atomic E-state index is 4.21. The van der Waals surface area contributed by atoms with Crippen molar-refractivity contribution in [1.29, 1.82) is 0 Å². The van der Waals surface area contributed by atoms with E-state index >= 15 is 0 Å². The number of para-hydroxylation sites is 1. The van der Waals surface area contributed by atoms with E-state index in [1.807, 2.05) is 42.2 Å². The van der Waals surface area contributed by atoms with Crippen LogP contribution in [-0.2, 0) is 0 Å². The largest absolute Gasteiger partial charge is 0.241 e. The van der Waals surface area contributed by atoms with Crippen molar-refractivity contribution in [2.24, 2.45) is 0 Å². The summed E-state index contributed by atoms with van der Waals surface area (Å²) in [6.45, 7) is 1.98. The molecule has 0 N–H and O–H groups in total. The molecule has 1 aromatic heterocycles. The molecule has 1 heterocycles. The van der Waals surface area contributed by atoms with Gasteiger partial charge in [0.15, 0.2) is 0 Å². The summed E-state index contributed by atoms with van der Waals surface area (Å²) in [6.07, 6.45) is 5.79. The highest BCUT2D eigenvalue weighted by Crippen LogP contribution is 2.12. The lowest BCUT2D eigenvalue weighted by Crippen LogP contribution is -1.86. The molecular formula is C10H10N2. The van der Waals surface area contributed by atoms with Crippen LogP contribution >= 0.6 is 0 Å². The van der Waals surface area contributed by atoms with Gasteiger partial charge in [-0.25, -0.2) is 4.68 Å². The summed E-state index contributed by atoms with van der Waals surface area (Å²) in [4.78, 5) is 0. The highest BCUT2D eigenvalue weighted by Gasteiger charge is 1.95. The normalized spacial score (nSPS) is 11.4. The van der Waals surface area contributed by atoms with Crippen molar-refractivity contribution in [2.45, 2.75) is 6.92 Å². The lowest BCUT2D eigenvalue weighted by molar-refractivity contribution is 0.965. The fraction of sp³-hybridized carbons (Fsp3) is 0.100. The van der Waals surface area contributed by atoms with Gasteiger partial charge in [-0.15, -0.1) is 0 Å². The van der Waals surface area contributed by atoms with Crippen molar-refractivity contribution < 1.29 is 0 Å². The van der Waals surface area contributed by atoms with Gasteiger partial charge in [0.2, 0.25) is 0 Å². The number of hydrogen-bond donors (Lipinski definition) is 0. The van der Waals surface area contributed by atoms with Crippen LogP contribution in [0, 0.1) is 0 Å². The van der Waals surface area contributed by atoms with Crippen LogP contribution in [0.2, 0.25) is 0 Å². The molecule has 2 nitrogen and oxygen atoms in total. The summed E-state index contributed by atoms with van der Waals surface area (Å²) in [5.74, 6) is 0. The molecule has 2 heteroatoms. The summed E-state index contributed by atoms with van der Waals surface area (Å²) in [5, 5.41) is 5.39. The third-order valence-corrected chi connectivity index (χ3v) is 1.80. The molecule has 0 aliphatic carbocycles. The molecule has 0 unspecified atom stereocenters. The van der Waals surface area contributed by atoms with Crippen molar-refractivity contribution in [3.63, 3.8) is 0 Å². The molecule has 0 spiro atoms. The van der Waals surface area contributed by atoms with E-state index in [0.717, 1.165) is 5.52 Å². The SMILES string of the molecule is C/C=C\n1ncc2ccccc21. The number of allylic oxidation sites excluding steroid dienone is 1. The van der Waals surface area contributed by atoms with Gasteiger partial charge in [0.25, 0.3) is 0 Å². The van der Waals surface area contributed by atoms with E-state index in [1.54, 1.807) is 0 Å². The number of aromatic nitrogens is 2. The predicted molar refractivity (Wildman–Crippen MR) is 50.7 cm³/mol. The van der Waals surface area contributed by atoms with Gasteiger partial charge in [-0.2, -0.15) is 5.10 Å². The van der Waals surface area contributed by atoms with E-state index in [9.17, 15) is 0 Å². The second kappa shape index (κ2) is 2.81. The molecule has 0 amide bonds. The molecule has 2 rings (SSSR count). The van der Waals surface area contributed by atoms with E-state index < -0.39 is 0 Å². The van der Waals surface area contributed by atoms with Crippen molar-refractivity contribution in [2.75, 3.05) is 0 Å². The predicted octanol–water partition coefficient (Wildman–Crippen LogP) is 2.53. The van der Waals surface area contributed by atoms with Crippen LogP contribution < -0.4 is 0 Å². The molecular weight excluding hydrogens is 148 g/mol. The first-order valence-corrected chi connectivity index (χ1v) is 3.97. The van der Waals surface area contributed by atoms with Crippen molar-refractivity contribution in [1.82, 2.24) is 9.78 Å². The molecule has 0 saturated carbocycles. The first kappa shape index (κ1) is 7.10. The molecule has 1 aromatic carbocycles. The van der Waals surface area contributed by atoms with Gasteiger partial charge in [-0.05, 0) is 13.0 Å². The Morgan fingerprint density at radius 1 is 1.33 bits per heavy atom. The third kappa shape index (κ3) is 1.01. The monoisotopic (exact) mass is 158 g/mol. The highest BCUT2D eigenvalue weighted by molar-refractivity contribution is 5.79. The third-order valence-electron chi connectivity index (χ3n) is 1.80. The maximum Gasteiger partial charge on any atom is 0.0733 e. The molecule has 0 atom stereocenters. The van der Waals surface area contributed by atoms with E-state index in [-0.39, 0.29) is 0 Å². The van der Waals surface area contributed by atoms with E-state index in [1.165, 1.54) is 5.39 Å². The lowest BCUT2D eigenvalue weighted by atomic mass is 10.3. The molecule has 0 bridgehead atoms. The van der Waals surface area contributed by atoms with Crippen LogP contribution in [0.3, 0.4) is 0 Å². The topological polar surface area (TPSA) is 17.8 Å². The van der Waals surface area contributed by atoms with Crippen LogP contribution in [0.1, 0.15) is 6.92 Å². The zero-order valence-corrected chi connectivity index (χ0v) is 6.94. The van der Waals surface area contributed by atoms with Gasteiger partial charge in [0, 0.05) is 11.6 Å². The Morgan fingerprint density at radius 2 is 2.17 bits per heavy atom. The zero-order chi connectivity index (χ0) is 8.39. The molecule has 0 radical (unpaired) electrons. The Morgan fingerprint density at radius 3 is 3.00 bits per heavy atom. The minimum absolute atomic E-state index is 1.15. The lowest BCUT2D eigenvalue weighted by Gasteiger charge is -1.92. The van der Waals surface area contributed by atoms with Crippen molar-refractivity contribution in [3.05, 3.63) is 36.5 Å². The van der Waals surface area contributed by atoms with E-state index in [2.05, 4.69) is 17.2 Å². The zero-order valence-electron chi connectivity index (χ0n) is 6.94. The van der Waals surface area contributed by atoms with Gasteiger partial charge < -0.3 is 0 Å². The van der Waals surface area contributed by atoms with E-state index in [0.29, 0.717) is 0 Å². The molecule has 0 saturated heterocycles. The minimum atomic E-state index is 1.15. The fourth-order valence-corrected chi connectivity index (χ4v) is 1.25. The molecule has 12 heavy (non-hydrogen) atoms. The average molecular weight is 158 g/mol. The Balaban J connectivity index is 2.70.